The van der Waals surface area contributed by atoms with E-state index in [2.05, 4.69) is 0 Å². The summed E-state index contributed by atoms with van der Waals surface area (Å²) in [5, 5.41) is 0.0482. The van der Waals surface area contributed by atoms with Gasteiger partial charge >= 0.3 is 0 Å². The van der Waals surface area contributed by atoms with Gasteiger partial charge in [0.05, 0.1) is 0 Å². The highest BCUT2D eigenvalue weighted by Crippen LogP contribution is 2.29. The summed E-state index contributed by atoms with van der Waals surface area (Å²) >= 11 is 1.24. The zero-order chi connectivity index (χ0) is 12.1. The van der Waals surface area contributed by atoms with Crippen molar-refractivity contribution in [3.8, 4) is 0 Å². The highest BCUT2D eigenvalue weighted by molar-refractivity contribution is 8.16. The maximum atomic E-state index is 11.8. The van der Waals surface area contributed by atoms with Gasteiger partial charge in [0.15, 0.2) is 0 Å². The molecule has 0 heterocycles. The molecule has 17 heavy (non-hydrogen) atoms. The lowest BCUT2D eigenvalue weighted by atomic mass is 10.0. The number of carbonyl (C=O) groups is 2. The minimum atomic E-state index is -0.360. The van der Waals surface area contributed by atoms with E-state index in [1.54, 1.807) is 24.3 Å². The first-order chi connectivity index (χ1) is 8.27. The van der Waals surface area contributed by atoms with Crippen LogP contribution in [0.1, 0.15) is 42.5 Å². The summed E-state index contributed by atoms with van der Waals surface area (Å²) in [6.45, 7) is 0. The molecule has 0 unspecified atom stereocenters. The van der Waals surface area contributed by atoms with Crippen molar-refractivity contribution in [3.63, 3.8) is 0 Å². The Bertz CT molecular complexity index is 394. The van der Waals surface area contributed by atoms with Gasteiger partial charge in [0, 0.05) is 10.8 Å². The van der Waals surface area contributed by atoms with Crippen LogP contribution in [0.5, 0.6) is 0 Å². The smallest absolute Gasteiger partial charge is 0.260 e. The van der Waals surface area contributed by atoms with E-state index in [1.807, 2.05) is 6.07 Å². The fraction of sp³-hybridized carbons (Fsp3) is 0.429. The van der Waals surface area contributed by atoms with Crippen LogP contribution >= 0.6 is 11.8 Å². The average molecular weight is 248 g/mol. The molecule has 90 valence electrons. The highest BCUT2D eigenvalue weighted by Gasteiger charge is 2.23. The van der Waals surface area contributed by atoms with Gasteiger partial charge in [-0.15, -0.1) is 0 Å². The summed E-state index contributed by atoms with van der Waals surface area (Å²) in [5.41, 5.74) is 0.501. The molecule has 0 aliphatic heterocycles. The predicted molar refractivity (Wildman–Crippen MR) is 70.2 cm³/mol. The van der Waals surface area contributed by atoms with Gasteiger partial charge in [-0.3, -0.25) is 9.59 Å². The number of hydrogen-bond donors (Lipinski definition) is 0. The molecule has 0 atom stereocenters. The zero-order valence-corrected chi connectivity index (χ0v) is 10.5. The molecule has 2 rings (SSSR count). The van der Waals surface area contributed by atoms with Gasteiger partial charge in [-0.25, -0.2) is 0 Å². The predicted octanol–water partition coefficient (Wildman–Crippen LogP) is 3.46. The third-order valence-electron chi connectivity index (χ3n) is 3.05. The molecule has 0 spiro atoms. The number of ketones is 1. The van der Waals surface area contributed by atoms with Crippen molar-refractivity contribution in [1.29, 1.82) is 0 Å². The first-order valence-corrected chi connectivity index (χ1v) is 6.95. The first kappa shape index (κ1) is 12.4. The van der Waals surface area contributed by atoms with Crippen molar-refractivity contribution in [3.05, 3.63) is 35.9 Å². The lowest BCUT2D eigenvalue weighted by molar-refractivity contribution is -0.107. The molecule has 1 saturated carbocycles. The van der Waals surface area contributed by atoms with Crippen LogP contribution in [0.2, 0.25) is 0 Å². The van der Waals surface area contributed by atoms with Gasteiger partial charge in [0.25, 0.3) is 5.12 Å². The number of hydrogen-bond acceptors (Lipinski definition) is 3. The van der Waals surface area contributed by atoms with Crippen LogP contribution < -0.4 is 0 Å². The molecule has 0 N–H and O–H groups in total. The standard InChI is InChI=1S/C14H16O2S/c15-13(11-7-3-1-4-8-11)14(16)17-12-9-5-2-6-10-12/h1,3-4,7-8,12H,2,5-6,9-10H2. The Morgan fingerprint density at radius 1 is 1.00 bits per heavy atom. The molecule has 0 saturated heterocycles. The molecular weight excluding hydrogens is 232 g/mol. The first-order valence-electron chi connectivity index (χ1n) is 6.08. The summed E-state index contributed by atoms with van der Waals surface area (Å²) in [7, 11) is 0. The average Bonchev–Trinajstić information content (AvgIpc) is 2.40. The molecule has 1 fully saturated rings. The largest absolute Gasteiger partial charge is 0.284 e. The van der Waals surface area contributed by atoms with Gasteiger partial charge in [-0.1, -0.05) is 61.4 Å². The van der Waals surface area contributed by atoms with Gasteiger partial charge < -0.3 is 0 Å². The summed E-state index contributed by atoms with van der Waals surface area (Å²) in [6, 6.07) is 8.80. The quantitative estimate of drug-likeness (QED) is 0.607. The second-order valence-electron chi connectivity index (χ2n) is 4.36. The van der Waals surface area contributed by atoms with E-state index in [4.69, 9.17) is 0 Å². The SMILES string of the molecule is O=C(SC1CCCCC1)C(=O)c1ccccc1. The molecule has 1 aromatic carbocycles. The van der Waals surface area contributed by atoms with E-state index < -0.39 is 0 Å². The van der Waals surface area contributed by atoms with Crippen LogP contribution in [0.15, 0.2) is 30.3 Å². The maximum absolute atomic E-state index is 11.8. The number of thioether (sulfide) groups is 1. The van der Waals surface area contributed by atoms with Gasteiger partial charge in [0.1, 0.15) is 0 Å². The van der Waals surface area contributed by atoms with E-state index in [1.165, 1.54) is 31.0 Å². The summed E-state index contributed by atoms with van der Waals surface area (Å²) < 4.78 is 0. The van der Waals surface area contributed by atoms with Crippen molar-refractivity contribution in [1.82, 2.24) is 0 Å². The van der Waals surface area contributed by atoms with Crippen LogP contribution in [0, 0.1) is 0 Å². The monoisotopic (exact) mass is 248 g/mol. The number of Topliss-reactive ketones (excluding diaryl/α,β-unsaturated/α-hetero) is 1. The van der Waals surface area contributed by atoms with Crippen molar-refractivity contribution in [2.45, 2.75) is 37.4 Å². The fourth-order valence-electron chi connectivity index (χ4n) is 2.10. The molecule has 3 heteroatoms. The number of benzene rings is 1. The Morgan fingerprint density at radius 3 is 2.29 bits per heavy atom. The summed E-state index contributed by atoms with van der Waals surface area (Å²) in [5.74, 6) is -0.360. The molecule has 1 aliphatic rings. The van der Waals surface area contributed by atoms with Crippen LogP contribution in [0.25, 0.3) is 0 Å². The topological polar surface area (TPSA) is 34.1 Å². The third kappa shape index (κ3) is 3.43. The van der Waals surface area contributed by atoms with E-state index in [0.717, 1.165) is 12.8 Å². The third-order valence-corrected chi connectivity index (χ3v) is 4.25. The Kier molecular flexibility index (Phi) is 4.37. The van der Waals surface area contributed by atoms with E-state index in [-0.39, 0.29) is 10.9 Å². The van der Waals surface area contributed by atoms with Crippen molar-refractivity contribution in [2.24, 2.45) is 0 Å². The van der Waals surface area contributed by atoms with Crippen molar-refractivity contribution in [2.75, 3.05) is 0 Å². The molecule has 2 nitrogen and oxygen atoms in total. The lowest BCUT2D eigenvalue weighted by Gasteiger charge is -2.19. The van der Waals surface area contributed by atoms with Gasteiger partial charge in [-0.2, -0.15) is 0 Å². The van der Waals surface area contributed by atoms with Crippen LogP contribution in [0.4, 0.5) is 0 Å². The van der Waals surface area contributed by atoms with Gasteiger partial charge in [0.2, 0.25) is 5.78 Å². The molecule has 0 bridgehead atoms. The van der Waals surface area contributed by atoms with E-state index in [0.29, 0.717) is 10.8 Å². The van der Waals surface area contributed by atoms with Crippen LogP contribution in [-0.2, 0) is 4.79 Å². The van der Waals surface area contributed by atoms with Crippen molar-refractivity contribution >= 4 is 22.7 Å². The Labute approximate surface area is 106 Å². The molecule has 1 aromatic rings. The molecule has 1 aliphatic carbocycles. The fourth-order valence-corrected chi connectivity index (χ4v) is 3.19. The minimum Gasteiger partial charge on any atom is -0.284 e. The molecule has 0 amide bonds. The van der Waals surface area contributed by atoms with Crippen molar-refractivity contribution < 1.29 is 9.59 Å². The van der Waals surface area contributed by atoms with Gasteiger partial charge in [-0.05, 0) is 12.8 Å². The van der Waals surface area contributed by atoms with E-state index >= 15 is 0 Å². The number of carbonyl (C=O) groups excluding carboxylic acids is 2. The second-order valence-corrected chi connectivity index (χ2v) is 5.63. The minimum absolute atomic E-state index is 0.303. The van der Waals surface area contributed by atoms with Crippen LogP contribution in [0.3, 0.4) is 0 Å². The Balaban J connectivity index is 1.93. The normalized spacial score (nSPS) is 16.7. The lowest BCUT2D eigenvalue weighted by Crippen LogP contribution is -2.17. The summed E-state index contributed by atoms with van der Waals surface area (Å²) in [6.07, 6.45) is 5.77. The highest BCUT2D eigenvalue weighted by atomic mass is 32.2. The molecular formula is C14H16O2S. The maximum Gasteiger partial charge on any atom is 0.260 e. The zero-order valence-electron chi connectivity index (χ0n) is 9.72. The Morgan fingerprint density at radius 2 is 1.65 bits per heavy atom. The second kappa shape index (κ2) is 6.01. The van der Waals surface area contributed by atoms with Crippen LogP contribution in [-0.4, -0.2) is 16.1 Å². The van der Waals surface area contributed by atoms with E-state index in [9.17, 15) is 9.59 Å². The summed E-state index contributed by atoms with van der Waals surface area (Å²) in [4.78, 5) is 23.7. The molecule has 0 aromatic heterocycles. The number of rotatable bonds is 3. The molecule has 0 radical (unpaired) electrons. The Hall–Kier alpha value is -1.09.